The average molecular weight is 374 g/mol. The quantitative estimate of drug-likeness (QED) is 0.589. The molecule has 1 aromatic heterocycles. The molecule has 0 atom stereocenters. The van der Waals surface area contributed by atoms with Gasteiger partial charge in [-0.1, -0.05) is 25.1 Å². The van der Waals surface area contributed by atoms with Crippen LogP contribution in [0.3, 0.4) is 0 Å². The number of nitrogens with one attached hydrogen (secondary N) is 3. The fourth-order valence-electron chi connectivity index (χ4n) is 2.70. The molecule has 2 amide bonds. The zero-order chi connectivity index (χ0) is 19.9. The Morgan fingerprint density at radius 2 is 1.57 bits per heavy atom. The van der Waals surface area contributed by atoms with Crippen LogP contribution in [-0.2, 0) is 11.2 Å². The molecular weight excluding hydrogens is 352 g/mol. The Hall–Kier alpha value is -3.67. The van der Waals surface area contributed by atoms with E-state index in [1.165, 1.54) is 12.5 Å². The summed E-state index contributed by atoms with van der Waals surface area (Å²) < 4.78 is 0. The smallest absolute Gasteiger partial charge is 0.274 e. The van der Waals surface area contributed by atoms with E-state index in [0.29, 0.717) is 11.4 Å². The molecule has 0 aliphatic heterocycles. The molecule has 1 heterocycles. The van der Waals surface area contributed by atoms with Gasteiger partial charge in [0.05, 0.1) is 0 Å². The first-order chi connectivity index (χ1) is 13.5. The van der Waals surface area contributed by atoms with Crippen LogP contribution in [0.2, 0.25) is 0 Å². The summed E-state index contributed by atoms with van der Waals surface area (Å²) in [6.07, 6.45) is 2.53. The summed E-state index contributed by atoms with van der Waals surface area (Å²) in [5.41, 5.74) is 4.46. The number of benzene rings is 2. The molecular formula is C22H22N4O2. The number of carbonyl (C=O) groups is 2. The van der Waals surface area contributed by atoms with Crippen LogP contribution in [0.5, 0.6) is 0 Å². The van der Waals surface area contributed by atoms with E-state index in [1.807, 2.05) is 48.5 Å². The van der Waals surface area contributed by atoms with E-state index in [9.17, 15) is 9.59 Å². The Morgan fingerprint density at radius 1 is 0.857 bits per heavy atom. The van der Waals surface area contributed by atoms with Crippen molar-refractivity contribution in [2.45, 2.75) is 20.3 Å². The summed E-state index contributed by atoms with van der Waals surface area (Å²) >= 11 is 0. The van der Waals surface area contributed by atoms with Gasteiger partial charge in [-0.25, -0.2) is 0 Å². The lowest BCUT2D eigenvalue weighted by Crippen LogP contribution is -2.13. The maximum absolute atomic E-state index is 12.5. The third-order valence-electron chi connectivity index (χ3n) is 4.08. The van der Waals surface area contributed by atoms with Crippen molar-refractivity contribution in [2.75, 3.05) is 16.0 Å². The first kappa shape index (κ1) is 19.1. The van der Waals surface area contributed by atoms with Gasteiger partial charge < -0.3 is 16.0 Å². The van der Waals surface area contributed by atoms with Gasteiger partial charge in [0.1, 0.15) is 5.69 Å². The zero-order valence-electron chi connectivity index (χ0n) is 15.8. The minimum atomic E-state index is -0.278. The van der Waals surface area contributed by atoms with E-state index in [-0.39, 0.29) is 11.8 Å². The van der Waals surface area contributed by atoms with Crippen molar-refractivity contribution in [2.24, 2.45) is 0 Å². The second-order valence-electron chi connectivity index (χ2n) is 6.32. The molecule has 3 rings (SSSR count). The fourth-order valence-corrected chi connectivity index (χ4v) is 2.70. The van der Waals surface area contributed by atoms with E-state index in [1.54, 1.807) is 18.3 Å². The third-order valence-corrected chi connectivity index (χ3v) is 4.08. The first-order valence-electron chi connectivity index (χ1n) is 9.04. The lowest BCUT2D eigenvalue weighted by molar-refractivity contribution is -0.114. The normalized spacial score (nSPS) is 10.2. The molecule has 0 unspecified atom stereocenters. The maximum Gasteiger partial charge on any atom is 0.274 e. The van der Waals surface area contributed by atoms with Crippen molar-refractivity contribution in [1.82, 2.24) is 4.98 Å². The van der Waals surface area contributed by atoms with Crippen molar-refractivity contribution >= 4 is 34.6 Å². The van der Waals surface area contributed by atoms with Gasteiger partial charge in [-0.15, -0.1) is 0 Å². The Morgan fingerprint density at radius 3 is 2.29 bits per heavy atom. The van der Waals surface area contributed by atoms with E-state index in [0.717, 1.165) is 23.5 Å². The summed E-state index contributed by atoms with van der Waals surface area (Å²) in [5, 5.41) is 8.82. The maximum atomic E-state index is 12.5. The van der Waals surface area contributed by atoms with Crippen molar-refractivity contribution < 1.29 is 9.59 Å². The zero-order valence-corrected chi connectivity index (χ0v) is 15.8. The highest BCUT2D eigenvalue weighted by atomic mass is 16.2. The van der Waals surface area contributed by atoms with Crippen LogP contribution in [-0.4, -0.2) is 16.8 Å². The molecule has 3 N–H and O–H groups in total. The van der Waals surface area contributed by atoms with Gasteiger partial charge in [0, 0.05) is 35.9 Å². The third kappa shape index (κ3) is 5.17. The first-order valence-corrected chi connectivity index (χ1v) is 9.04. The number of pyridine rings is 1. The molecule has 0 saturated carbocycles. The second kappa shape index (κ2) is 8.81. The number of aromatic nitrogens is 1. The number of hydrogen-bond donors (Lipinski definition) is 3. The van der Waals surface area contributed by atoms with Gasteiger partial charge in [0.25, 0.3) is 5.91 Å². The van der Waals surface area contributed by atoms with Gasteiger partial charge in [0.15, 0.2) is 0 Å². The molecule has 0 saturated heterocycles. The fraction of sp³-hybridized carbons (Fsp3) is 0.136. The molecule has 0 aliphatic carbocycles. The molecule has 3 aromatic rings. The van der Waals surface area contributed by atoms with Crippen molar-refractivity contribution in [1.29, 1.82) is 0 Å². The minimum absolute atomic E-state index is 0.132. The Balaban J connectivity index is 1.71. The lowest BCUT2D eigenvalue weighted by Gasteiger charge is -2.10. The van der Waals surface area contributed by atoms with Crippen LogP contribution in [0.25, 0.3) is 0 Å². The summed E-state index contributed by atoms with van der Waals surface area (Å²) in [6.45, 7) is 3.55. The summed E-state index contributed by atoms with van der Waals surface area (Å²) in [5.74, 6) is -0.410. The number of hydrogen-bond acceptors (Lipinski definition) is 4. The van der Waals surface area contributed by atoms with Crippen LogP contribution >= 0.6 is 0 Å². The predicted molar refractivity (Wildman–Crippen MR) is 112 cm³/mol. The van der Waals surface area contributed by atoms with Gasteiger partial charge in [-0.05, 0) is 54.4 Å². The number of amides is 2. The average Bonchev–Trinajstić information content (AvgIpc) is 2.68. The lowest BCUT2D eigenvalue weighted by atomic mass is 10.1. The molecule has 0 spiro atoms. The van der Waals surface area contributed by atoms with Crippen LogP contribution in [0.4, 0.5) is 22.7 Å². The van der Waals surface area contributed by atoms with E-state index in [2.05, 4.69) is 27.9 Å². The van der Waals surface area contributed by atoms with Crippen LogP contribution in [0, 0.1) is 0 Å². The van der Waals surface area contributed by atoms with E-state index >= 15 is 0 Å². The highest BCUT2D eigenvalue weighted by molar-refractivity contribution is 6.03. The molecule has 28 heavy (non-hydrogen) atoms. The summed E-state index contributed by atoms with van der Waals surface area (Å²) in [7, 11) is 0. The molecule has 142 valence electrons. The van der Waals surface area contributed by atoms with Gasteiger partial charge in [-0.3, -0.25) is 14.6 Å². The number of rotatable bonds is 6. The van der Waals surface area contributed by atoms with Gasteiger partial charge in [0.2, 0.25) is 5.91 Å². The van der Waals surface area contributed by atoms with Gasteiger partial charge in [-0.2, -0.15) is 0 Å². The topological polar surface area (TPSA) is 83.1 Å². The molecule has 0 aliphatic rings. The van der Waals surface area contributed by atoms with Crippen molar-refractivity contribution in [3.63, 3.8) is 0 Å². The highest BCUT2D eigenvalue weighted by Crippen LogP contribution is 2.21. The SMILES string of the molecule is CCc1ccc(NC(=O)c2cc(Nc3cccc(NC(C)=O)c3)ccn2)cc1. The Labute approximate surface area is 164 Å². The number of aryl methyl sites for hydroxylation is 1. The van der Waals surface area contributed by atoms with Crippen LogP contribution in [0.1, 0.15) is 29.9 Å². The van der Waals surface area contributed by atoms with E-state index < -0.39 is 0 Å². The number of nitrogens with zero attached hydrogens (tertiary/aromatic N) is 1. The molecule has 0 radical (unpaired) electrons. The second-order valence-corrected chi connectivity index (χ2v) is 6.32. The standard InChI is InChI=1S/C22H22N4O2/c1-3-16-7-9-17(10-8-16)26-22(28)21-14-20(11-12-23-21)25-19-6-4-5-18(13-19)24-15(2)27/h4-14H,3H2,1-2H3,(H,23,25)(H,24,27)(H,26,28). The predicted octanol–water partition coefficient (Wildman–Crippen LogP) is 4.60. The molecule has 6 heteroatoms. The summed E-state index contributed by atoms with van der Waals surface area (Å²) in [4.78, 5) is 27.9. The van der Waals surface area contributed by atoms with Gasteiger partial charge >= 0.3 is 0 Å². The molecule has 2 aromatic carbocycles. The minimum Gasteiger partial charge on any atom is -0.355 e. The Bertz CT molecular complexity index is 984. The largest absolute Gasteiger partial charge is 0.355 e. The highest BCUT2D eigenvalue weighted by Gasteiger charge is 2.09. The molecule has 0 fully saturated rings. The molecule has 6 nitrogen and oxygen atoms in total. The monoisotopic (exact) mass is 374 g/mol. The Kier molecular flexibility index (Phi) is 6.01. The van der Waals surface area contributed by atoms with Crippen LogP contribution in [0.15, 0.2) is 66.9 Å². The van der Waals surface area contributed by atoms with Crippen molar-refractivity contribution in [3.8, 4) is 0 Å². The molecule has 0 bridgehead atoms. The van der Waals surface area contributed by atoms with Crippen LogP contribution < -0.4 is 16.0 Å². The number of anilines is 4. The summed E-state index contributed by atoms with van der Waals surface area (Å²) in [6, 6.07) is 18.5. The number of carbonyl (C=O) groups excluding carboxylic acids is 2. The van der Waals surface area contributed by atoms with Crippen molar-refractivity contribution in [3.05, 3.63) is 78.1 Å². The van der Waals surface area contributed by atoms with E-state index in [4.69, 9.17) is 0 Å².